The van der Waals surface area contributed by atoms with Gasteiger partial charge in [-0.05, 0) is 37.0 Å². The molecule has 2 nitrogen and oxygen atoms in total. The van der Waals surface area contributed by atoms with Crippen molar-refractivity contribution in [2.75, 3.05) is 5.33 Å². The number of carbonyl (C=O) groups excluding carboxylic acids is 1. The number of halogens is 3. The summed E-state index contributed by atoms with van der Waals surface area (Å²) in [6, 6.07) is 4.98. The molecule has 110 valence electrons. The zero-order chi connectivity index (χ0) is 14.8. The minimum atomic E-state index is -0.152. The molecule has 1 aliphatic carbocycles. The van der Waals surface area contributed by atoms with Gasteiger partial charge in [0.05, 0.1) is 15.6 Å². The van der Waals surface area contributed by atoms with Crippen molar-refractivity contribution in [2.45, 2.75) is 38.1 Å². The molecule has 1 fully saturated rings. The molecule has 5 heteroatoms. The van der Waals surface area contributed by atoms with E-state index in [9.17, 15) is 4.79 Å². The molecule has 0 aromatic heterocycles. The van der Waals surface area contributed by atoms with Gasteiger partial charge < -0.3 is 5.32 Å². The maximum atomic E-state index is 12.4. The van der Waals surface area contributed by atoms with Crippen molar-refractivity contribution in [3.8, 4) is 0 Å². The largest absolute Gasteiger partial charge is 0.346 e. The summed E-state index contributed by atoms with van der Waals surface area (Å²) in [6.07, 6.45) is 4.40. The van der Waals surface area contributed by atoms with Crippen LogP contribution in [0.4, 0.5) is 0 Å². The van der Waals surface area contributed by atoms with Crippen LogP contribution in [0.2, 0.25) is 10.0 Å². The number of hydrogen-bond donors (Lipinski definition) is 1. The summed E-state index contributed by atoms with van der Waals surface area (Å²) < 4.78 is 0. The Morgan fingerprint density at radius 2 is 2.20 bits per heavy atom. The third-order valence-corrected chi connectivity index (χ3v) is 5.72. The van der Waals surface area contributed by atoms with Crippen LogP contribution in [0.5, 0.6) is 0 Å². The van der Waals surface area contributed by atoms with E-state index in [1.165, 1.54) is 6.42 Å². The lowest BCUT2D eigenvalue weighted by atomic mass is 9.77. The van der Waals surface area contributed by atoms with Gasteiger partial charge >= 0.3 is 0 Å². The number of rotatable bonds is 3. The van der Waals surface area contributed by atoms with E-state index < -0.39 is 0 Å². The Hall–Kier alpha value is -0.250. The summed E-state index contributed by atoms with van der Waals surface area (Å²) in [5.41, 5.74) is 0.402. The Morgan fingerprint density at radius 3 is 2.80 bits per heavy atom. The van der Waals surface area contributed by atoms with Crippen LogP contribution in [0.1, 0.15) is 43.0 Å². The number of alkyl halides is 1. The van der Waals surface area contributed by atoms with Crippen LogP contribution in [-0.2, 0) is 0 Å². The van der Waals surface area contributed by atoms with E-state index in [2.05, 4.69) is 28.2 Å². The predicted molar refractivity (Wildman–Crippen MR) is 88.1 cm³/mol. The molecule has 0 spiro atoms. The molecule has 1 saturated carbocycles. The fourth-order valence-corrected chi connectivity index (χ4v) is 3.83. The van der Waals surface area contributed by atoms with Gasteiger partial charge in [0, 0.05) is 10.9 Å². The summed E-state index contributed by atoms with van der Waals surface area (Å²) in [7, 11) is 0. The van der Waals surface area contributed by atoms with Crippen molar-refractivity contribution >= 4 is 45.0 Å². The molecular formula is C15H18BrCl2NO. The van der Waals surface area contributed by atoms with Gasteiger partial charge in [0.15, 0.2) is 0 Å². The van der Waals surface area contributed by atoms with Crippen LogP contribution >= 0.6 is 39.1 Å². The van der Waals surface area contributed by atoms with Crippen LogP contribution in [-0.4, -0.2) is 16.8 Å². The molecule has 0 saturated heterocycles. The van der Waals surface area contributed by atoms with Crippen LogP contribution in [0.3, 0.4) is 0 Å². The fraction of sp³-hybridized carbons (Fsp3) is 0.533. The lowest BCUT2D eigenvalue weighted by molar-refractivity contribution is 0.0869. The minimum absolute atomic E-state index is 0.0860. The lowest BCUT2D eigenvalue weighted by Crippen LogP contribution is -2.52. The number of benzene rings is 1. The molecule has 1 N–H and O–H groups in total. The van der Waals surface area contributed by atoms with Gasteiger partial charge in [-0.1, -0.05) is 58.9 Å². The molecule has 1 aliphatic rings. The van der Waals surface area contributed by atoms with E-state index in [-0.39, 0.29) is 11.4 Å². The van der Waals surface area contributed by atoms with Gasteiger partial charge in [-0.15, -0.1) is 0 Å². The minimum Gasteiger partial charge on any atom is -0.346 e. The first-order chi connectivity index (χ1) is 9.46. The van der Waals surface area contributed by atoms with Crippen LogP contribution in [0, 0.1) is 5.92 Å². The molecule has 0 bridgehead atoms. The van der Waals surface area contributed by atoms with Crippen molar-refractivity contribution in [1.82, 2.24) is 5.32 Å². The predicted octanol–water partition coefficient (Wildman–Crippen LogP) is 5.07. The highest BCUT2D eigenvalue weighted by molar-refractivity contribution is 9.09. The fourth-order valence-electron chi connectivity index (χ4n) is 2.88. The van der Waals surface area contributed by atoms with Crippen molar-refractivity contribution < 1.29 is 4.79 Å². The average Bonchev–Trinajstić information content (AvgIpc) is 2.41. The number of nitrogens with one attached hydrogen (secondary N) is 1. The Morgan fingerprint density at radius 1 is 1.45 bits per heavy atom. The lowest BCUT2D eigenvalue weighted by Gasteiger charge is -2.39. The Labute approximate surface area is 138 Å². The molecule has 0 heterocycles. The SMILES string of the molecule is CC1CCCC(CBr)(NC(=O)c2ccc(Cl)c(Cl)c2)C1. The molecule has 1 amide bonds. The molecule has 0 aliphatic heterocycles. The summed E-state index contributed by atoms with van der Waals surface area (Å²) in [4.78, 5) is 12.4. The maximum absolute atomic E-state index is 12.4. The smallest absolute Gasteiger partial charge is 0.251 e. The van der Waals surface area contributed by atoms with Crippen LogP contribution in [0.15, 0.2) is 18.2 Å². The van der Waals surface area contributed by atoms with E-state index in [0.717, 1.165) is 24.6 Å². The monoisotopic (exact) mass is 377 g/mol. The first-order valence-corrected chi connectivity index (χ1v) is 8.67. The molecule has 20 heavy (non-hydrogen) atoms. The van der Waals surface area contributed by atoms with Gasteiger partial charge in [0.1, 0.15) is 0 Å². The van der Waals surface area contributed by atoms with Gasteiger partial charge in [0.2, 0.25) is 0 Å². The zero-order valence-electron chi connectivity index (χ0n) is 11.4. The quantitative estimate of drug-likeness (QED) is 0.731. The third kappa shape index (κ3) is 3.69. The van der Waals surface area contributed by atoms with Crippen molar-refractivity contribution in [3.05, 3.63) is 33.8 Å². The van der Waals surface area contributed by atoms with E-state index in [0.29, 0.717) is 21.5 Å². The van der Waals surface area contributed by atoms with E-state index in [1.54, 1.807) is 18.2 Å². The number of carbonyl (C=O) groups is 1. The van der Waals surface area contributed by atoms with Crippen molar-refractivity contribution in [2.24, 2.45) is 5.92 Å². The van der Waals surface area contributed by atoms with E-state index in [4.69, 9.17) is 23.2 Å². The highest BCUT2D eigenvalue weighted by atomic mass is 79.9. The second-order valence-electron chi connectivity index (χ2n) is 5.70. The molecular weight excluding hydrogens is 361 g/mol. The molecule has 1 aromatic carbocycles. The summed E-state index contributed by atoms with van der Waals surface area (Å²) >= 11 is 15.4. The normalized spacial score (nSPS) is 26.3. The van der Waals surface area contributed by atoms with Gasteiger partial charge in [-0.3, -0.25) is 4.79 Å². The van der Waals surface area contributed by atoms with Crippen molar-refractivity contribution in [3.63, 3.8) is 0 Å². The molecule has 1 aromatic rings. The Balaban J connectivity index is 2.14. The Kier molecular flexibility index (Phi) is 5.38. The van der Waals surface area contributed by atoms with Gasteiger partial charge in [-0.25, -0.2) is 0 Å². The van der Waals surface area contributed by atoms with Crippen LogP contribution < -0.4 is 5.32 Å². The van der Waals surface area contributed by atoms with E-state index in [1.807, 2.05) is 0 Å². The summed E-state index contributed by atoms with van der Waals surface area (Å²) in [5.74, 6) is 0.549. The van der Waals surface area contributed by atoms with Gasteiger partial charge in [0.25, 0.3) is 5.91 Å². The third-order valence-electron chi connectivity index (χ3n) is 3.91. The van der Waals surface area contributed by atoms with Crippen molar-refractivity contribution in [1.29, 1.82) is 0 Å². The number of hydrogen-bond acceptors (Lipinski definition) is 1. The second-order valence-corrected chi connectivity index (χ2v) is 7.07. The van der Waals surface area contributed by atoms with E-state index >= 15 is 0 Å². The summed E-state index contributed by atoms with van der Waals surface area (Å²) in [6.45, 7) is 2.24. The van der Waals surface area contributed by atoms with Crippen LogP contribution in [0.25, 0.3) is 0 Å². The first-order valence-electron chi connectivity index (χ1n) is 6.79. The first kappa shape index (κ1) is 16.1. The number of amides is 1. The molecule has 2 rings (SSSR count). The molecule has 2 unspecified atom stereocenters. The Bertz CT molecular complexity index is 509. The maximum Gasteiger partial charge on any atom is 0.251 e. The summed E-state index contributed by atoms with van der Waals surface area (Å²) in [5, 5.41) is 4.83. The molecule has 2 atom stereocenters. The van der Waals surface area contributed by atoms with Gasteiger partial charge in [-0.2, -0.15) is 0 Å². The second kappa shape index (κ2) is 6.67. The highest BCUT2D eigenvalue weighted by Gasteiger charge is 2.35. The molecule has 0 radical (unpaired) electrons. The topological polar surface area (TPSA) is 29.1 Å². The average molecular weight is 379 g/mol. The standard InChI is InChI=1S/C15H18BrCl2NO/c1-10-3-2-6-15(8-10,9-16)19-14(20)11-4-5-12(17)13(18)7-11/h4-5,7,10H,2-3,6,8-9H2,1H3,(H,19,20). The highest BCUT2D eigenvalue weighted by Crippen LogP contribution is 2.34. The zero-order valence-corrected chi connectivity index (χ0v) is 14.5.